The molecular formula is C14H25NO2. The number of likely N-dealkylation sites (tertiary alicyclic amines) is 1. The van der Waals surface area contributed by atoms with E-state index in [9.17, 15) is 0 Å². The van der Waals surface area contributed by atoms with E-state index in [0.717, 1.165) is 19.3 Å². The first kappa shape index (κ1) is 11.9. The summed E-state index contributed by atoms with van der Waals surface area (Å²) < 4.78 is 11.7. The third kappa shape index (κ3) is 2.38. The molecule has 1 saturated carbocycles. The van der Waals surface area contributed by atoms with Crippen molar-refractivity contribution in [1.82, 2.24) is 4.90 Å². The highest BCUT2D eigenvalue weighted by Crippen LogP contribution is 2.36. The Kier molecular flexibility index (Phi) is 3.42. The van der Waals surface area contributed by atoms with Crippen molar-refractivity contribution in [2.45, 2.75) is 57.3 Å². The Balaban J connectivity index is 1.62. The second-order valence-electron chi connectivity index (χ2n) is 5.99. The van der Waals surface area contributed by atoms with E-state index in [1.54, 1.807) is 0 Å². The maximum atomic E-state index is 5.84. The van der Waals surface area contributed by atoms with Gasteiger partial charge in [-0.3, -0.25) is 4.90 Å². The molecule has 98 valence electrons. The van der Waals surface area contributed by atoms with Gasteiger partial charge in [0, 0.05) is 18.5 Å². The minimum Gasteiger partial charge on any atom is -0.347 e. The van der Waals surface area contributed by atoms with Crippen molar-refractivity contribution >= 4 is 0 Å². The summed E-state index contributed by atoms with van der Waals surface area (Å²) in [6.07, 6.45) is 8.24. The minimum atomic E-state index is -0.294. The average Bonchev–Trinajstić information content (AvgIpc) is 3.01. The van der Waals surface area contributed by atoms with Crippen LogP contribution in [-0.2, 0) is 9.47 Å². The van der Waals surface area contributed by atoms with Crippen LogP contribution in [0, 0.1) is 5.92 Å². The maximum Gasteiger partial charge on any atom is 0.169 e. The fourth-order valence-electron chi connectivity index (χ4n) is 3.80. The summed E-state index contributed by atoms with van der Waals surface area (Å²) in [6, 6.07) is 0.850. The molecule has 0 N–H and O–H groups in total. The van der Waals surface area contributed by atoms with Gasteiger partial charge in [0.25, 0.3) is 0 Å². The lowest BCUT2D eigenvalue weighted by molar-refractivity contribution is -0.193. The second kappa shape index (κ2) is 4.87. The van der Waals surface area contributed by atoms with E-state index in [1.165, 1.54) is 51.6 Å². The van der Waals surface area contributed by atoms with Crippen molar-refractivity contribution in [3.63, 3.8) is 0 Å². The van der Waals surface area contributed by atoms with E-state index in [4.69, 9.17) is 9.47 Å². The molecule has 0 spiro atoms. The predicted molar refractivity (Wildman–Crippen MR) is 66.9 cm³/mol. The molecule has 1 atom stereocenters. The summed E-state index contributed by atoms with van der Waals surface area (Å²) in [5.74, 6) is 0.274. The van der Waals surface area contributed by atoms with Gasteiger partial charge in [-0.05, 0) is 39.2 Å². The molecule has 3 aliphatic rings. The molecule has 0 radical (unpaired) electrons. The Hall–Kier alpha value is -0.120. The third-order valence-electron chi connectivity index (χ3n) is 4.90. The molecule has 3 rings (SSSR count). The van der Waals surface area contributed by atoms with Crippen LogP contribution in [0.15, 0.2) is 0 Å². The van der Waals surface area contributed by atoms with Crippen LogP contribution in [-0.4, -0.2) is 43.0 Å². The van der Waals surface area contributed by atoms with Crippen LogP contribution >= 0.6 is 0 Å². The second-order valence-corrected chi connectivity index (χ2v) is 5.99. The summed E-state index contributed by atoms with van der Waals surface area (Å²) in [6.45, 7) is 6.16. The van der Waals surface area contributed by atoms with Gasteiger partial charge in [-0.25, -0.2) is 0 Å². The predicted octanol–water partition coefficient (Wildman–Crippen LogP) is 2.40. The van der Waals surface area contributed by atoms with Crippen LogP contribution in [0.25, 0.3) is 0 Å². The van der Waals surface area contributed by atoms with Crippen LogP contribution in [0.3, 0.4) is 0 Å². The highest BCUT2D eigenvalue weighted by atomic mass is 16.7. The molecule has 0 aromatic heterocycles. The van der Waals surface area contributed by atoms with Crippen LogP contribution in [0.5, 0.6) is 0 Å². The molecule has 3 fully saturated rings. The highest BCUT2D eigenvalue weighted by molar-refractivity contribution is 4.88. The van der Waals surface area contributed by atoms with Gasteiger partial charge in [0.15, 0.2) is 5.79 Å². The molecule has 3 nitrogen and oxygen atoms in total. The van der Waals surface area contributed by atoms with E-state index in [0.29, 0.717) is 5.92 Å². The summed E-state index contributed by atoms with van der Waals surface area (Å²) in [7, 11) is 0. The molecule has 1 aliphatic carbocycles. The van der Waals surface area contributed by atoms with Gasteiger partial charge < -0.3 is 9.47 Å². The molecule has 0 aromatic carbocycles. The van der Waals surface area contributed by atoms with Crippen molar-refractivity contribution in [2.24, 2.45) is 5.92 Å². The molecule has 3 heteroatoms. The summed E-state index contributed by atoms with van der Waals surface area (Å²) in [4.78, 5) is 2.71. The number of nitrogens with zero attached hydrogens (tertiary/aromatic N) is 1. The van der Waals surface area contributed by atoms with Gasteiger partial charge in [0.05, 0.1) is 13.2 Å². The fourth-order valence-corrected chi connectivity index (χ4v) is 3.80. The van der Waals surface area contributed by atoms with Crippen molar-refractivity contribution in [1.29, 1.82) is 0 Å². The third-order valence-corrected chi connectivity index (χ3v) is 4.90. The molecule has 2 saturated heterocycles. The van der Waals surface area contributed by atoms with Crippen LogP contribution in [0.2, 0.25) is 0 Å². The molecule has 0 aromatic rings. The van der Waals surface area contributed by atoms with Crippen LogP contribution in [0.1, 0.15) is 45.4 Å². The number of rotatable bonds is 2. The van der Waals surface area contributed by atoms with E-state index < -0.39 is 0 Å². The first-order valence-electron chi connectivity index (χ1n) is 7.30. The van der Waals surface area contributed by atoms with Gasteiger partial charge in [-0.1, -0.05) is 12.8 Å². The molecule has 0 unspecified atom stereocenters. The van der Waals surface area contributed by atoms with Gasteiger partial charge in [-0.2, -0.15) is 0 Å². The molecule has 0 amide bonds. The molecule has 17 heavy (non-hydrogen) atoms. The summed E-state index contributed by atoms with van der Waals surface area (Å²) in [5, 5.41) is 0. The standard InChI is InChI=1S/C14H25NO2/c1-14(16-9-10-17-14)12-5-4-8-15(11-12)13-6-2-3-7-13/h12-13H,2-11H2,1H3/t12-/m0/s1. The van der Waals surface area contributed by atoms with Crippen molar-refractivity contribution in [3.05, 3.63) is 0 Å². The smallest absolute Gasteiger partial charge is 0.169 e. The highest BCUT2D eigenvalue weighted by Gasteiger charge is 2.42. The van der Waals surface area contributed by atoms with Crippen molar-refractivity contribution < 1.29 is 9.47 Å². The summed E-state index contributed by atoms with van der Waals surface area (Å²) in [5.41, 5.74) is 0. The maximum absolute atomic E-state index is 5.84. The lowest BCUT2D eigenvalue weighted by Gasteiger charge is -2.42. The zero-order valence-electron chi connectivity index (χ0n) is 11.0. The van der Waals surface area contributed by atoms with Gasteiger partial charge >= 0.3 is 0 Å². The first-order chi connectivity index (χ1) is 8.28. The van der Waals surface area contributed by atoms with E-state index >= 15 is 0 Å². The molecular weight excluding hydrogens is 214 g/mol. The SMILES string of the molecule is CC1([C@H]2CCCN(C3CCCC3)C2)OCCO1. The topological polar surface area (TPSA) is 21.7 Å². The molecule has 2 aliphatic heterocycles. The number of hydrogen-bond donors (Lipinski definition) is 0. The van der Waals surface area contributed by atoms with Crippen molar-refractivity contribution in [2.75, 3.05) is 26.3 Å². The van der Waals surface area contributed by atoms with Crippen LogP contribution < -0.4 is 0 Å². The lowest BCUT2D eigenvalue weighted by Crippen LogP contribution is -2.49. The van der Waals surface area contributed by atoms with E-state index in [-0.39, 0.29) is 5.79 Å². The van der Waals surface area contributed by atoms with Gasteiger partial charge in [0.1, 0.15) is 0 Å². The monoisotopic (exact) mass is 239 g/mol. The average molecular weight is 239 g/mol. The Labute approximate surface area is 104 Å². The van der Waals surface area contributed by atoms with E-state index in [1.807, 2.05) is 0 Å². The Morgan fingerprint density at radius 3 is 2.41 bits per heavy atom. The fraction of sp³-hybridized carbons (Fsp3) is 1.00. The molecule has 2 heterocycles. The van der Waals surface area contributed by atoms with Gasteiger partial charge in [0.2, 0.25) is 0 Å². The van der Waals surface area contributed by atoms with Crippen molar-refractivity contribution in [3.8, 4) is 0 Å². The number of hydrogen-bond acceptors (Lipinski definition) is 3. The Morgan fingerprint density at radius 2 is 1.71 bits per heavy atom. The normalized spacial score (nSPS) is 35.5. The first-order valence-corrected chi connectivity index (χ1v) is 7.30. The van der Waals surface area contributed by atoms with E-state index in [2.05, 4.69) is 11.8 Å². The lowest BCUT2D eigenvalue weighted by atomic mass is 9.89. The zero-order valence-corrected chi connectivity index (χ0v) is 11.0. The Bertz CT molecular complexity index is 257. The van der Waals surface area contributed by atoms with Gasteiger partial charge in [-0.15, -0.1) is 0 Å². The molecule has 0 bridgehead atoms. The minimum absolute atomic E-state index is 0.294. The number of piperidine rings is 1. The number of ether oxygens (including phenoxy) is 2. The Morgan fingerprint density at radius 1 is 1.00 bits per heavy atom. The van der Waals surface area contributed by atoms with Crippen LogP contribution in [0.4, 0.5) is 0 Å². The largest absolute Gasteiger partial charge is 0.347 e. The quantitative estimate of drug-likeness (QED) is 0.738. The zero-order chi connectivity index (χ0) is 11.7. The summed E-state index contributed by atoms with van der Waals surface area (Å²) >= 11 is 0.